The van der Waals surface area contributed by atoms with Crippen LogP contribution in [0.2, 0.25) is 0 Å². The minimum Gasteiger partial charge on any atom is -0.389 e. The van der Waals surface area contributed by atoms with Crippen molar-refractivity contribution in [1.29, 1.82) is 0 Å². The number of fused-ring (bicyclic) bond motifs is 2. The highest BCUT2D eigenvalue weighted by atomic mass is 16.5. The Kier molecular flexibility index (Phi) is 2.95. The molecule has 0 bridgehead atoms. The average molecular weight is 265 g/mol. The number of hydrogen-bond donors (Lipinski definition) is 2. The Bertz CT molecular complexity index is 347. The maximum Gasteiger partial charge on any atom is 0.0771 e. The standard InChI is InChI=1S/C16H27NO2/c18-15(6-2-1-3-7-15)11-17-13-12-5-10-19-14(12)16(13)8-4-9-16/h12-14,17-18H,1-11H2. The van der Waals surface area contributed by atoms with Gasteiger partial charge in [-0.2, -0.15) is 0 Å². The van der Waals surface area contributed by atoms with Crippen LogP contribution in [0.25, 0.3) is 0 Å². The molecule has 3 atom stereocenters. The van der Waals surface area contributed by atoms with Gasteiger partial charge in [-0.05, 0) is 32.1 Å². The molecule has 2 N–H and O–H groups in total. The zero-order valence-electron chi connectivity index (χ0n) is 11.9. The van der Waals surface area contributed by atoms with Crippen LogP contribution in [0.1, 0.15) is 57.8 Å². The second-order valence-electron chi connectivity index (χ2n) is 7.47. The van der Waals surface area contributed by atoms with Crippen molar-refractivity contribution in [3.63, 3.8) is 0 Å². The maximum absolute atomic E-state index is 10.6. The highest BCUT2D eigenvalue weighted by molar-refractivity contribution is 5.18. The van der Waals surface area contributed by atoms with E-state index in [4.69, 9.17) is 4.74 Å². The number of rotatable bonds is 3. The quantitative estimate of drug-likeness (QED) is 0.822. The molecule has 4 aliphatic rings. The lowest BCUT2D eigenvalue weighted by Crippen LogP contribution is -2.72. The van der Waals surface area contributed by atoms with E-state index >= 15 is 0 Å². The third kappa shape index (κ3) is 1.81. The first-order chi connectivity index (χ1) is 9.24. The molecule has 4 fully saturated rings. The summed E-state index contributed by atoms with van der Waals surface area (Å²) in [5.74, 6) is 0.729. The molecule has 1 spiro atoms. The molecule has 1 saturated heterocycles. The molecule has 3 saturated carbocycles. The van der Waals surface area contributed by atoms with Crippen molar-refractivity contribution < 1.29 is 9.84 Å². The summed E-state index contributed by atoms with van der Waals surface area (Å²) in [6.07, 6.45) is 11.5. The topological polar surface area (TPSA) is 41.5 Å². The molecule has 0 amide bonds. The van der Waals surface area contributed by atoms with Crippen molar-refractivity contribution >= 4 is 0 Å². The van der Waals surface area contributed by atoms with Crippen LogP contribution in [0.4, 0.5) is 0 Å². The lowest BCUT2D eigenvalue weighted by molar-refractivity contribution is -0.179. The number of aliphatic hydroxyl groups is 1. The second kappa shape index (κ2) is 4.44. The monoisotopic (exact) mass is 265 g/mol. The van der Waals surface area contributed by atoms with Gasteiger partial charge in [0.15, 0.2) is 0 Å². The summed E-state index contributed by atoms with van der Waals surface area (Å²) >= 11 is 0. The first-order valence-corrected chi connectivity index (χ1v) is 8.31. The molecule has 0 aromatic heterocycles. The molecular formula is C16H27NO2. The molecule has 0 aromatic rings. The van der Waals surface area contributed by atoms with Gasteiger partial charge in [0.2, 0.25) is 0 Å². The summed E-state index contributed by atoms with van der Waals surface area (Å²) in [5.41, 5.74) is 0.0277. The van der Waals surface area contributed by atoms with Crippen LogP contribution in [-0.4, -0.2) is 36.0 Å². The Morgan fingerprint density at radius 3 is 2.53 bits per heavy atom. The van der Waals surface area contributed by atoms with Gasteiger partial charge in [-0.3, -0.25) is 0 Å². The van der Waals surface area contributed by atoms with E-state index in [1.54, 1.807) is 0 Å². The Morgan fingerprint density at radius 1 is 1.05 bits per heavy atom. The van der Waals surface area contributed by atoms with E-state index in [2.05, 4.69) is 5.32 Å². The van der Waals surface area contributed by atoms with Gasteiger partial charge in [-0.1, -0.05) is 25.7 Å². The van der Waals surface area contributed by atoms with Gasteiger partial charge in [-0.25, -0.2) is 0 Å². The molecular weight excluding hydrogens is 238 g/mol. The van der Waals surface area contributed by atoms with Crippen LogP contribution in [0.3, 0.4) is 0 Å². The van der Waals surface area contributed by atoms with Crippen LogP contribution >= 0.6 is 0 Å². The molecule has 3 heteroatoms. The lowest BCUT2D eigenvalue weighted by atomic mass is 9.46. The summed E-state index contributed by atoms with van der Waals surface area (Å²) in [5, 5.41) is 14.4. The Labute approximate surface area is 116 Å². The molecule has 3 unspecified atom stereocenters. The summed E-state index contributed by atoms with van der Waals surface area (Å²) in [6.45, 7) is 1.77. The highest BCUT2D eigenvalue weighted by Crippen LogP contribution is 2.62. The molecule has 4 rings (SSSR count). The number of hydrogen-bond acceptors (Lipinski definition) is 3. The summed E-state index contributed by atoms with van der Waals surface area (Å²) in [4.78, 5) is 0. The first kappa shape index (κ1) is 12.6. The van der Waals surface area contributed by atoms with Crippen molar-refractivity contribution in [2.75, 3.05) is 13.2 Å². The van der Waals surface area contributed by atoms with Crippen LogP contribution < -0.4 is 5.32 Å². The maximum atomic E-state index is 10.6. The SMILES string of the molecule is OC1(CNC2C3CCOC3C23CCC3)CCCCC1. The minimum absolute atomic E-state index is 0.423. The Balaban J connectivity index is 1.39. The summed E-state index contributed by atoms with van der Waals surface area (Å²) < 4.78 is 5.95. The lowest BCUT2D eigenvalue weighted by Gasteiger charge is -2.63. The number of nitrogens with one attached hydrogen (secondary N) is 1. The molecule has 1 heterocycles. The predicted molar refractivity (Wildman–Crippen MR) is 74.0 cm³/mol. The van der Waals surface area contributed by atoms with Gasteiger partial charge in [0, 0.05) is 30.5 Å². The Hall–Kier alpha value is -0.120. The van der Waals surface area contributed by atoms with E-state index in [0.717, 1.165) is 31.9 Å². The van der Waals surface area contributed by atoms with E-state index in [-0.39, 0.29) is 0 Å². The fourth-order valence-corrected chi connectivity index (χ4v) is 5.25. The summed E-state index contributed by atoms with van der Waals surface area (Å²) in [7, 11) is 0. The fourth-order valence-electron chi connectivity index (χ4n) is 5.25. The zero-order chi connectivity index (χ0) is 12.9. The number of ether oxygens (including phenoxy) is 1. The molecule has 19 heavy (non-hydrogen) atoms. The van der Waals surface area contributed by atoms with Gasteiger partial charge < -0.3 is 15.2 Å². The zero-order valence-corrected chi connectivity index (χ0v) is 11.9. The molecule has 0 aromatic carbocycles. The van der Waals surface area contributed by atoms with E-state index in [9.17, 15) is 5.11 Å². The van der Waals surface area contributed by atoms with Crippen molar-refractivity contribution in [3.8, 4) is 0 Å². The average Bonchev–Trinajstić information content (AvgIpc) is 2.73. The van der Waals surface area contributed by atoms with Crippen molar-refractivity contribution in [2.45, 2.75) is 75.5 Å². The first-order valence-electron chi connectivity index (χ1n) is 8.31. The molecule has 3 aliphatic carbocycles. The molecule has 3 nitrogen and oxygen atoms in total. The van der Waals surface area contributed by atoms with Crippen molar-refractivity contribution in [1.82, 2.24) is 5.32 Å². The molecule has 108 valence electrons. The predicted octanol–water partition coefficient (Wildman–Crippen LogP) is 2.23. The summed E-state index contributed by atoms with van der Waals surface area (Å²) in [6, 6.07) is 0.625. The van der Waals surface area contributed by atoms with Crippen LogP contribution in [0.15, 0.2) is 0 Å². The van der Waals surface area contributed by atoms with Crippen LogP contribution in [-0.2, 0) is 4.74 Å². The molecule has 0 radical (unpaired) electrons. The minimum atomic E-state index is -0.423. The van der Waals surface area contributed by atoms with Gasteiger partial charge in [0.05, 0.1) is 11.7 Å². The smallest absolute Gasteiger partial charge is 0.0771 e. The third-order valence-electron chi connectivity index (χ3n) is 6.47. The van der Waals surface area contributed by atoms with Crippen LogP contribution in [0.5, 0.6) is 0 Å². The van der Waals surface area contributed by atoms with Gasteiger partial charge in [-0.15, -0.1) is 0 Å². The van der Waals surface area contributed by atoms with Crippen LogP contribution in [0, 0.1) is 11.3 Å². The van der Waals surface area contributed by atoms with E-state index in [0.29, 0.717) is 17.6 Å². The van der Waals surface area contributed by atoms with E-state index < -0.39 is 5.60 Å². The second-order valence-corrected chi connectivity index (χ2v) is 7.47. The normalized spacial score (nSPS) is 42.5. The molecule has 1 aliphatic heterocycles. The van der Waals surface area contributed by atoms with E-state index in [1.807, 2.05) is 0 Å². The highest BCUT2D eigenvalue weighted by Gasteiger charge is 2.66. The van der Waals surface area contributed by atoms with Gasteiger partial charge in [0.25, 0.3) is 0 Å². The van der Waals surface area contributed by atoms with Gasteiger partial charge >= 0.3 is 0 Å². The third-order valence-corrected chi connectivity index (χ3v) is 6.47. The fraction of sp³-hybridized carbons (Fsp3) is 1.00. The van der Waals surface area contributed by atoms with E-state index in [1.165, 1.54) is 44.9 Å². The largest absolute Gasteiger partial charge is 0.389 e. The van der Waals surface area contributed by atoms with Gasteiger partial charge in [0.1, 0.15) is 0 Å². The van der Waals surface area contributed by atoms with Crippen molar-refractivity contribution in [2.24, 2.45) is 11.3 Å². The Morgan fingerprint density at radius 2 is 1.84 bits per heavy atom. The van der Waals surface area contributed by atoms with Crippen molar-refractivity contribution in [3.05, 3.63) is 0 Å².